The van der Waals surface area contributed by atoms with Crippen LogP contribution >= 0.6 is 0 Å². The molecule has 1 atom stereocenters. The zero-order chi connectivity index (χ0) is 13.0. The number of carboxylic acid groups (broad SMARTS) is 1. The van der Waals surface area contributed by atoms with E-state index in [0.29, 0.717) is 0 Å². The third kappa shape index (κ3) is 3.55. The van der Waals surface area contributed by atoms with Gasteiger partial charge in [-0.2, -0.15) is 0 Å². The molecule has 0 aliphatic carbocycles. The van der Waals surface area contributed by atoms with Crippen molar-refractivity contribution in [2.24, 2.45) is 0 Å². The molecule has 98 valence electrons. The van der Waals surface area contributed by atoms with Gasteiger partial charge in [-0.05, 0) is 12.6 Å². The molecule has 1 aromatic rings. The first-order valence-corrected chi connectivity index (χ1v) is 6.33. The third-order valence-electron chi connectivity index (χ3n) is 3.45. The Morgan fingerprint density at radius 3 is 2.72 bits per heavy atom. The highest BCUT2D eigenvalue weighted by molar-refractivity contribution is 5.67. The van der Waals surface area contributed by atoms with E-state index in [1.54, 1.807) is 0 Å². The molecule has 1 aliphatic heterocycles. The molecule has 18 heavy (non-hydrogen) atoms. The largest absolute Gasteiger partial charge is 0.481 e. The monoisotopic (exact) mass is 248 g/mol. The summed E-state index contributed by atoms with van der Waals surface area (Å²) in [6, 6.07) is 10.4. The number of rotatable bonds is 4. The van der Waals surface area contributed by atoms with Crippen LogP contribution in [0.5, 0.6) is 0 Å². The highest BCUT2D eigenvalue weighted by Gasteiger charge is 2.26. The van der Waals surface area contributed by atoms with Crippen LogP contribution in [0.3, 0.4) is 0 Å². The Bertz CT molecular complexity index is 394. The Morgan fingerprint density at radius 1 is 1.33 bits per heavy atom. The van der Waals surface area contributed by atoms with Crippen LogP contribution in [0.1, 0.15) is 12.0 Å². The fraction of sp³-hybridized carbons (Fsp3) is 0.500. The topological polar surface area (TPSA) is 43.8 Å². The van der Waals surface area contributed by atoms with Gasteiger partial charge in [-0.1, -0.05) is 30.3 Å². The van der Waals surface area contributed by atoms with Gasteiger partial charge >= 0.3 is 5.97 Å². The van der Waals surface area contributed by atoms with E-state index < -0.39 is 5.97 Å². The van der Waals surface area contributed by atoms with Crippen molar-refractivity contribution in [3.8, 4) is 0 Å². The molecule has 0 bridgehead atoms. The van der Waals surface area contributed by atoms with Gasteiger partial charge in [0.15, 0.2) is 0 Å². The quantitative estimate of drug-likeness (QED) is 0.871. The maximum Gasteiger partial charge on any atom is 0.304 e. The summed E-state index contributed by atoms with van der Waals surface area (Å²) in [5.74, 6) is -0.714. The maximum atomic E-state index is 10.9. The van der Waals surface area contributed by atoms with Crippen LogP contribution in [-0.2, 0) is 11.3 Å². The molecule has 1 fully saturated rings. The van der Waals surface area contributed by atoms with Gasteiger partial charge in [-0.25, -0.2) is 0 Å². The summed E-state index contributed by atoms with van der Waals surface area (Å²) >= 11 is 0. The van der Waals surface area contributed by atoms with Crippen molar-refractivity contribution in [3.05, 3.63) is 35.9 Å². The molecule has 4 heteroatoms. The number of carbonyl (C=O) groups is 1. The van der Waals surface area contributed by atoms with Gasteiger partial charge in [-0.15, -0.1) is 0 Å². The summed E-state index contributed by atoms with van der Waals surface area (Å²) in [4.78, 5) is 15.4. The molecule has 1 heterocycles. The number of nitrogens with zero attached hydrogens (tertiary/aromatic N) is 2. The molecule has 0 radical (unpaired) electrons. The number of aliphatic carboxylic acids is 1. The van der Waals surface area contributed by atoms with Gasteiger partial charge in [0.2, 0.25) is 0 Å². The number of likely N-dealkylation sites (N-methyl/N-ethyl adjacent to an activating group) is 1. The minimum atomic E-state index is -0.714. The smallest absolute Gasteiger partial charge is 0.304 e. The van der Waals surface area contributed by atoms with E-state index >= 15 is 0 Å². The third-order valence-corrected chi connectivity index (χ3v) is 3.45. The van der Waals surface area contributed by atoms with Crippen LogP contribution < -0.4 is 0 Å². The van der Waals surface area contributed by atoms with Crippen molar-refractivity contribution in [2.75, 3.05) is 26.7 Å². The van der Waals surface area contributed by atoms with Gasteiger partial charge in [-0.3, -0.25) is 9.69 Å². The van der Waals surface area contributed by atoms with E-state index in [4.69, 9.17) is 5.11 Å². The van der Waals surface area contributed by atoms with Crippen molar-refractivity contribution in [3.63, 3.8) is 0 Å². The fourth-order valence-corrected chi connectivity index (χ4v) is 2.47. The summed E-state index contributed by atoms with van der Waals surface area (Å²) < 4.78 is 0. The van der Waals surface area contributed by atoms with E-state index in [-0.39, 0.29) is 12.5 Å². The summed E-state index contributed by atoms with van der Waals surface area (Å²) in [6.07, 6.45) is 0.219. The van der Waals surface area contributed by atoms with Crippen LogP contribution in [-0.4, -0.2) is 53.6 Å². The van der Waals surface area contributed by atoms with Crippen LogP contribution in [0, 0.1) is 0 Å². The Balaban J connectivity index is 2.02. The normalized spacial score (nSPS) is 21.9. The zero-order valence-corrected chi connectivity index (χ0v) is 10.7. The first kappa shape index (κ1) is 13.1. The van der Waals surface area contributed by atoms with Crippen molar-refractivity contribution < 1.29 is 9.90 Å². The van der Waals surface area contributed by atoms with Gasteiger partial charge in [0.05, 0.1) is 6.42 Å². The summed E-state index contributed by atoms with van der Waals surface area (Å²) in [6.45, 7) is 3.61. The van der Waals surface area contributed by atoms with E-state index in [1.807, 2.05) is 18.2 Å². The lowest BCUT2D eigenvalue weighted by Crippen LogP contribution is -2.52. The number of hydrogen-bond donors (Lipinski definition) is 1. The molecular formula is C14H20N2O2. The molecule has 0 amide bonds. The summed E-state index contributed by atoms with van der Waals surface area (Å²) in [5, 5.41) is 8.99. The van der Waals surface area contributed by atoms with Gasteiger partial charge < -0.3 is 10.0 Å². The van der Waals surface area contributed by atoms with Gasteiger partial charge in [0.1, 0.15) is 0 Å². The molecule has 0 spiro atoms. The lowest BCUT2D eigenvalue weighted by atomic mass is 10.1. The molecule has 4 nitrogen and oxygen atoms in total. The molecule has 0 aromatic heterocycles. The molecule has 1 saturated heterocycles. The Morgan fingerprint density at radius 2 is 2.06 bits per heavy atom. The second kappa shape index (κ2) is 5.98. The molecule has 0 saturated carbocycles. The molecule has 1 aliphatic rings. The van der Waals surface area contributed by atoms with E-state index in [2.05, 4.69) is 29.0 Å². The number of carboxylic acids is 1. The lowest BCUT2D eigenvalue weighted by molar-refractivity contribution is -0.139. The Kier molecular flexibility index (Phi) is 4.33. The first-order chi connectivity index (χ1) is 8.65. The average molecular weight is 248 g/mol. The first-order valence-electron chi connectivity index (χ1n) is 6.33. The van der Waals surface area contributed by atoms with Gasteiger partial charge in [0, 0.05) is 32.2 Å². The van der Waals surface area contributed by atoms with Crippen molar-refractivity contribution in [1.29, 1.82) is 0 Å². The van der Waals surface area contributed by atoms with E-state index in [9.17, 15) is 4.79 Å². The Hall–Kier alpha value is -1.39. The van der Waals surface area contributed by atoms with Crippen molar-refractivity contribution >= 4 is 5.97 Å². The lowest BCUT2D eigenvalue weighted by Gasteiger charge is -2.39. The van der Waals surface area contributed by atoms with E-state index in [0.717, 1.165) is 26.2 Å². The minimum absolute atomic E-state index is 0.112. The minimum Gasteiger partial charge on any atom is -0.481 e. The second-order valence-corrected chi connectivity index (χ2v) is 4.97. The molecule has 1 N–H and O–H groups in total. The van der Waals surface area contributed by atoms with Crippen LogP contribution in [0.15, 0.2) is 30.3 Å². The van der Waals surface area contributed by atoms with Crippen LogP contribution in [0.2, 0.25) is 0 Å². The number of hydrogen-bond acceptors (Lipinski definition) is 3. The molecule has 1 aromatic carbocycles. The molecular weight excluding hydrogens is 228 g/mol. The summed E-state index contributed by atoms with van der Waals surface area (Å²) in [5.41, 5.74) is 1.25. The number of benzene rings is 1. The Labute approximate surface area is 108 Å². The summed E-state index contributed by atoms with van der Waals surface area (Å²) in [7, 11) is 2.05. The predicted molar refractivity (Wildman–Crippen MR) is 70.4 cm³/mol. The average Bonchev–Trinajstić information content (AvgIpc) is 2.33. The van der Waals surface area contributed by atoms with Crippen LogP contribution in [0.25, 0.3) is 0 Å². The second-order valence-electron chi connectivity index (χ2n) is 4.97. The van der Waals surface area contributed by atoms with Crippen molar-refractivity contribution in [1.82, 2.24) is 9.80 Å². The highest BCUT2D eigenvalue weighted by Crippen LogP contribution is 2.15. The number of piperazine rings is 1. The van der Waals surface area contributed by atoms with Crippen LogP contribution in [0.4, 0.5) is 0 Å². The molecule has 1 unspecified atom stereocenters. The fourth-order valence-electron chi connectivity index (χ4n) is 2.47. The SMILES string of the molecule is CN1CCN(Cc2ccccc2)C(CC(=O)O)C1. The van der Waals surface area contributed by atoms with E-state index in [1.165, 1.54) is 5.56 Å². The van der Waals surface area contributed by atoms with Crippen molar-refractivity contribution in [2.45, 2.75) is 19.0 Å². The standard InChI is InChI=1S/C14H20N2O2/c1-15-7-8-16(13(11-15)9-14(17)18)10-12-5-3-2-4-6-12/h2-6,13H,7-11H2,1H3,(H,17,18). The maximum absolute atomic E-state index is 10.9. The predicted octanol–water partition coefficient (Wildman–Crippen LogP) is 1.28. The highest BCUT2D eigenvalue weighted by atomic mass is 16.4. The zero-order valence-electron chi connectivity index (χ0n) is 10.7. The van der Waals surface area contributed by atoms with Gasteiger partial charge in [0.25, 0.3) is 0 Å². The molecule has 2 rings (SSSR count).